The highest BCUT2D eigenvalue weighted by Gasteiger charge is 2.24. The van der Waals surface area contributed by atoms with Gasteiger partial charge < -0.3 is 14.8 Å². The molecule has 2 aromatic rings. The van der Waals surface area contributed by atoms with Gasteiger partial charge in [0, 0.05) is 12.0 Å². The smallest absolute Gasteiger partial charge is 0.413 e. The number of benzene rings is 2. The summed E-state index contributed by atoms with van der Waals surface area (Å²) in [6.07, 6.45) is 1.88. The predicted molar refractivity (Wildman–Crippen MR) is 120 cm³/mol. The van der Waals surface area contributed by atoms with E-state index in [1.54, 1.807) is 18.2 Å². The lowest BCUT2D eigenvalue weighted by molar-refractivity contribution is -0.115. The van der Waals surface area contributed by atoms with Crippen LogP contribution in [0.4, 0.5) is 9.59 Å². The maximum Gasteiger partial charge on any atom is 0.413 e. The van der Waals surface area contributed by atoms with Crippen LogP contribution in [-0.4, -0.2) is 29.4 Å². The Bertz CT molecular complexity index is 992. The van der Waals surface area contributed by atoms with E-state index in [9.17, 15) is 14.4 Å². The molecule has 8 heteroatoms. The van der Waals surface area contributed by atoms with Crippen LogP contribution >= 0.6 is 11.8 Å². The van der Waals surface area contributed by atoms with E-state index < -0.39 is 6.09 Å². The van der Waals surface area contributed by atoms with Gasteiger partial charge in [0.2, 0.25) is 0 Å². The second-order valence-electron chi connectivity index (χ2n) is 7.93. The van der Waals surface area contributed by atoms with Crippen molar-refractivity contribution in [2.24, 2.45) is 0 Å². The Hall–Kier alpha value is -3.26. The molecule has 31 heavy (non-hydrogen) atoms. The number of hydrogen-bond acceptors (Lipinski definition) is 6. The fraction of sp³-hybridized carbons (Fsp3) is 0.261. The van der Waals surface area contributed by atoms with Gasteiger partial charge in [-0.05, 0) is 74.0 Å². The molecular weight excluding hydrogens is 416 g/mol. The Morgan fingerprint density at radius 1 is 1.03 bits per heavy atom. The first-order valence-electron chi connectivity index (χ1n) is 9.75. The van der Waals surface area contributed by atoms with Crippen LogP contribution in [-0.2, 0) is 11.2 Å². The van der Waals surface area contributed by atoms with Crippen molar-refractivity contribution in [3.63, 3.8) is 0 Å². The van der Waals surface area contributed by atoms with Crippen molar-refractivity contribution in [3.05, 3.63) is 64.6 Å². The summed E-state index contributed by atoms with van der Waals surface area (Å²) < 4.78 is 11.0. The van der Waals surface area contributed by atoms with Crippen molar-refractivity contribution >= 4 is 35.1 Å². The topological polar surface area (TPSA) is 93.7 Å². The lowest BCUT2D eigenvalue weighted by Gasteiger charge is -2.19. The third-order valence-electron chi connectivity index (χ3n) is 4.09. The van der Waals surface area contributed by atoms with Gasteiger partial charge in [0.1, 0.15) is 11.5 Å². The molecule has 162 valence electrons. The number of thioether (sulfide) groups is 1. The molecule has 1 aliphatic heterocycles. The summed E-state index contributed by atoms with van der Waals surface area (Å²) in [7, 11) is 0. The number of hydrogen-bond donors (Lipinski definition) is 2. The summed E-state index contributed by atoms with van der Waals surface area (Å²) in [4.78, 5) is 35.0. The maximum absolute atomic E-state index is 11.8. The number of carbonyl (C=O) groups is 3. The van der Waals surface area contributed by atoms with Gasteiger partial charge in [-0.1, -0.05) is 24.3 Å². The zero-order chi connectivity index (χ0) is 22.4. The van der Waals surface area contributed by atoms with Crippen LogP contribution in [0, 0.1) is 0 Å². The molecule has 0 saturated carbocycles. The Kier molecular flexibility index (Phi) is 7.02. The molecule has 0 aliphatic carbocycles. The van der Waals surface area contributed by atoms with E-state index in [4.69, 9.17) is 9.47 Å². The molecule has 1 saturated heterocycles. The average Bonchev–Trinajstić information content (AvgIpc) is 3.00. The van der Waals surface area contributed by atoms with E-state index >= 15 is 0 Å². The molecule has 2 N–H and O–H groups in total. The molecular formula is C23H24N2O5S. The van der Waals surface area contributed by atoms with E-state index in [0.29, 0.717) is 29.4 Å². The van der Waals surface area contributed by atoms with Crippen molar-refractivity contribution in [2.45, 2.75) is 32.7 Å². The number of amides is 3. The fourth-order valence-corrected chi connectivity index (χ4v) is 3.36. The van der Waals surface area contributed by atoms with Crippen molar-refractivity contribution in [3.8, 4) is 11.5 Å². The van der Waals surface area contributed by atoms with Crippen molar-refractivity contribution in [1.29, 1.82) is 0 Å². The summed E-state index contributed by atoms with van der Waals surface area (Å²) >= 11 is 0.890. The molecule has 0 spiro atoms. The monoisotopic (exact) mass is 440 g/mol. The second kappa shape index (κ2) is 9.70. The van der Waals surface area contributed by atoms with Gasteiger partial charge >= 0.3 is 6.09 Å². The Labute approximate surface area is 185 Å². The normalized spacial score (nSPS) is 15.0. The van der Waals surface area contributed by atoms with E-state index in [1.807, 2.05) is 57.2 Å². The van der Waals surface area contributed by atoms with Gasteiger partial charge in [0.25, 0.3) is 11.1 Å². The molecule has 0 bridgehead atoms. The molecule has 1 heterocycles. The van der Waals surface area contributed by atoms with Crippen molar-refractivity contribution in [1.82, 2.24) is 10.6 Å². The first kappa shape index (κ1) is 22.4. The van der Waals surface area contributed by atoms with Crippen LogP contribution in [0.25, 0.3) is 6.08 Å². The van der Waals surface area contributed by atoms with E-state index in [2.05, 4.69) is 10.6 Å². The zero-order valence-electron chi connectivity index (χ0n) is 17.6. The minimum Gasteiger partial charge on any atom is -0.493 e. The summed E-state index contributed by atoms with van der Waals surface area (Å²) in [5.41, 5.74) is 1.51. The van der Waals surface area contributed by atoms with Crippen LogP contribution < -0.4 is 20.1 Å². The average molecular weight is 441 g/mol. The molecule has 2 aromatic carbocycles. The molecule has 1 aliphatic rings. The van der Waals surface area contributed by atoms with Crippen molar-refractivity contribution in [2.75, 3.05) is 6.61 Å². The molecule has 0 unspecified atom stereocenters. The van der Waals surface area contributed by atoms with Gasteiger partial charge in [0.05, 0.1) is 11.5 Å². The molecule has 0 radical (unpaired) electrons. The highest BCUT2D eigenvalue weighted by molar-refractivity contribution is 8.18. The van der Waals surface area contributed by atoms with Crippen LogP contribution in [0.3, 0.4) is 0 Å². The maximum atomic E-state index is 11.8. The third kappa shape index (κ3) is 7.18. The lowest BCUT2D eigenvalue weighted by atomic mass is 10.1. The number of carbonyl (C=O) groups excluding carboxylic acids is 3. The van der Waals surface area contributed by atoms with Gasteiger partial charge in [-0.3, -0.25) is 14.9 Å². The number of rotatable bonds is 6. The van der Waals surface area contributed by atoms with Gasteiger partial charge in [0.15, 0.2) is 0 Å². The number of imide groups is 1. The minimum absolute atomic E-state index is 0.355. The Balaban J connectivity index is 1.46. The van der Waals surface area contributed by atoms with E-state index in [0.717, 1.165) is 22.9 Å². The van der Waals surface area contributed by atoms with Crippen LogP contribution in [0.15, 0.2) is 53.4 Å². The van der Waals surface area contributed by atoms with E-state index in [-0.39, 0.29) is 16.7 Å². The highest BCUT2D eigenvalue weighted by Crippen LogP contribution is 2.26. The first-order valence-corrected chi connectivity index (χ1v) is 10.6. The van der Waals surface area contributed by atoms with Crippen molar-refractivity contribution < 1.29 is 23.9 Å². The summed E-state index contributed by atoms with van der Waals surface area (Å²) in [5.74, 6) is 0.814. The predicted octanol–water partition coefficient (Wildman–Crippen LogP) is 4.52. The van der Waals surface area contributed by atoms with Crippen LogP contribution in [0.5, 0.6) is 11.5 Å². The number of ether oxygens (including phenoxy) is 2. The standard InChI is InChI=1S/C23H24N2O5S/c1-23(2,3)25-21(27)30-18-10-4-15(5-11-18)12-13-29-17-8-6-16(7-9-17)14-19-20(26)24-22(28)31-19/h4-11,14H,12-13H2,1-3H3,(H,25,27)(H,24,26,28)/b19-14-. The largest absolute Gasteiger partial charge is 0.493 e. The molecule has 0 atom stereocenters. The Morgan fingerprint density at radius 2 is 1.68 bits per heavy atom. The molecule has 3 rings (SSSR count). The van der Waals surface area contributed by atoms with Crippen LogP contribution in [0.1, 0.15) is 31.9 Å². The molecule has 3 amide bonds. The van der Waals surface area contributed by atoms with Gasteiger partial charge in [-0.2, -0.15) is 0 Å². The molecule has 1 fully saturated rings. The SMILES string of the molecule is CC(C)(C)NC(=O)Oc1ccc(CCOc2ccc(/C=C3\SC(=O)NC3=O)cc2)cc1. The second-order valence-corrected chi connectivity index (χ2v) is 8.94. The van der Waals surface area contributed by atoms with Gasteiger partial charge in [-0.25, -0.2) is 4.79 Å². The minimum atomic E-state index is -0.485. The Morgan fingerprint density at radius 3 is 2.26 bits per heavy atom. The first-order chi connectivity index (χ1) is 14.7. The van der Waals surface area contributed by atoms with Crippen LogP contribution in [0.2, 0.25) is 0 Å². The summed E-state index contributed by atoms with van der Waals surface area (Å²) in [6.45, 7) is 6.14. The summed E-state index contributed by atoms with van der Waals surface area (Å²) in [6, 6.07) is 14.6. The lowest BCUT2D eigenvalue weighted by Crippen LogP contribution is -2.42. The summed E-state index contributed by atoms with van der Waals surface area (Å²) in [5, 5.41) is 4.61. The quantitative estimate of drug-likeness (QED) is 0.642. The molecule has 0 aromatic heterocycles. The van der Waals surface area contributed by atoms with Gasteiger partial charge in [-0.15, -0.1) is 0 Å². The number of nitrogens with one attached hydrogen (secondary N) is 2. The van der Waals surface area contributed by atoms with E-state index in [1.165, 1.54) is 0 Å². The third-order valence-corrected chi connectivity index (χ3v) is 4.90. The zero-order valence-corrected chi connectivity index (χ0v) is 18.4. The molecule has 7 nitrogen and oxygen atoms in total. The highest BCUT2D eigenvalue weighted by atomic mass is 32.2. The fourth-order valence-electron chi connectivity index (χ4n) is 2.68.